The van der Waals surface area contributed by atoms with Crippen molar-refractivity contribution in [3.63, 3.8) is 0 Å². The number of rotatable bonds is 4. The average molecular weight is 339 g/mol. The SMILES string of the molecule is Cc1cccc(NC(=O)C2CCCN2C(=O)OCc2ccccc2)n1. The van der Waals surface area contributed by atoms with Crippen LogP contribution in [0.4, 0.5) is 10.6 Å². The highest BCUT2D eigenvalue weighted by molar-refractivity contribution is 5.96. The Labute approximate surface area is 146 Å². The van der Waals surface area contributed by atoms with E-state index >= 15 is 0 Å². The van der Waals surface area contributed by atoms with Crippen molar-refractivity contribution < 1.29 is 14.3 Å². The monoisotopic (exact) mass is 339 g/mol. The third-order valence-corrected chi connectivity index (χ3v) is 4.13. The Morgan fingerprint density at radius 3 is 2.76 bits per heavy atom. The van der Waals surface area contributed by atoms with Gasteiger partial charge in [0, 0.05) is 12.2 Å². The summed E-state index contributed by atoms with van der Waals surface area (Å²) in [5, 5.41) is 2.78. The number of carbonyl (C=O) groups is 2. The lowest BCUT2D eigenvalue weighted by molar-refractivity contribution is -0.120. The van der Waals surface area contributed by atoms with E-state index < -0.39 is 12.1 Å². The van der Waals surface area contributed by atoms with E-state index in [2.05, 4.69) is 10.3 Å². The second-order valence-corrected chi connectivity index (χ2v) is 6.05. The van der Waals surface area contributed by atoms with Crippen LogP contribution in [-0.2, 0) is 16.1 Å². The van der Waals surface area contributed by atoms with E-state index in [1.807, 2.05) is 49.4 Å². The van der Waals surface area contributed by atoms with Gasteiger partial charge in [0.2, 0.25) is 5.91 Å². The van der Waals surface area contributed by atoms with Gasteiger partial charge in [-0.2, -0.15) is 0 Å². The van der Waals surface area contributed by atoms with Crippen molar-refractivity contribution in [2.24, 2.45) is 0 Å². The van der Waals surface area contributed by atoms with Gasteiger partial charge in [-0.3, -0.25) is 9.69 Å². The van der Waals surface area contributed by atoms with Crippen LogP contribution in [0, 0.1) is 6.92 Å². The van der Waals surface area contributed by atoms with Gasteiger partial charge in [-0.1, -0.05) is 36.4 Å². The summed E-state index contributed by atoms with van der Waals surface area (Å²) in [4.78, 5) is 30.6. The molecule has 0 bridgehead atoms. The molecule has 25 heavy (non-hydrogen) atoms. The highest BCUT2D eigenvalue weighted by Gasteiger charge is 2.35. The lowest BCUT2D eigenvalue weighted by Gasteiger charge is -2.23. The third kappa shape index (κ3) is 4.35. The van der Waals surface area contributed by atoms with Crippen LogP contribution in [0.1, 0.15) is 24.1 Å². The molecule has 6 nitrogen and oxygen atoms in total. The van der Waals surface area contributed by atoms with Crippen LogP contribution < -0.4 is 5.32 Å². The van der Waals surface area contributed by atoms with Gasteiger partial charge in [-0.05, 0) is 37.5 Å². The second kappa shape index (κ2) is 7.79. The highest BCUT2D eigenvalue weighted by Crippen LogP contribution is 2.20. The minimum Gasteiger partial charge on any atom is -0.445 e. The van der Waals surface area contributed by atoms with Crippen molar-refractivity contribution in [1.82, 2.24) is 9.88 Å². The first kappa shape index (κ1) is 17.0. The van der Waals surface area contributed by atoms with Gasteiger partial charge in [-0.15, -0.1) is 0 Å². The number of benzene rings is 1. The van der Waals surface area contributed by atoms with Gasteiger partial charge < -0.3 is 10.1 Å². The van der Waals surface area contributed by atoms with E-state index in [-0.39, 0.29) is 12.5 Å². The molecular weight excluding hydrogens is 318 g/mol. The first-order valence-electron chi connectivity index (χ1n) is 8.35. The molecule has 1 aromatic heterocycles. The minimum atomic E-state index is -0.523. The molecule has 1 unspecified atom stereocenters. The van der Waals surface area contributed by atoms with Crippen molar-refractivity contribution in [1.29, 1.82) is 0 Å². The number of likely N-dealkylation sites (tertiary alicyclic amines) is 1. The standard InChI is InChI=1S/C19H21N3O3/c1-14-7-5-11-17(20-14)21-18(23)16-10-6-12-22(16)19(24)25-13-15-8-3-2-4-9-15/h2-5,7-9,11,16H,6,10,12-13H2,1H3,(H,20,21,23). The molecule has 1 fully saturated rings. The van der Waals surface area contributed by atoms with Crippen LogP contribution in [-0.4, -0.2) is 34.5 Å². The molecule has 1 aliphatic heterocycles. The summed E-state index contributed by atoms with van der Waals surface area (Å²) in [5.74, 6) is 0.266. The van der Waals surface area contributed by atoms with Crippen LogP contribution in [0.3, 0.4) is 0 Å². The van der Waals surface area contributed by atoms with E-state index in [1.165, 1.54) is 4.90 Å². The van der Waals surface area contributed by atoms with E-state index in [0.29, 0.717) is 18.8 Å². The summed E-state index contributed by atoms with van der Waals surface area (Å²) in [6, 6.07) is 14.4. The maximum Gasteiger partial charge on any atom is 0.410 e. The van der Waals surface area contributed by atoms with Crippen LogP contribution in [0.5, 0.6) is 0 Å². The summed E-state index contributed by atoms with van der Waals surface area (Å²) in [6.45, 7) is 2.58. The van der Waals surface area contributed by atoms with Crippen molar-refractivity contribution in [2.45, 2.75) is 32.4 Å². The Kier molecular flexibility index (Phi) is 5.28. The zero-order valence-electron chi connectivity index (χ0n) is 14.1. The second-order valence-electron chi connectivity index (χ2n) is 6.05. The molecule has 0 radical (unpaired) electrons. The molecule has 2 heterocycles. The van der Waals surface area contributed by atoms with Gasteiger partial charge >= 0.3 is 6.09 Å². The number of amides is 2. The van der Waals surface area contributed by atoms with E-state index in [0.717, 1.165) is 17.7 Å². The van der Waals surface area contributed by atoms with Crippen LogP contribution in [0.2, 0.25) is 0 Å². The number of nitrogens with zero attached hydrogens (tertiary/aromatic N) is 2. The molecule has 6 heteroatoms. The molecule has 2 aromatic rings. The van der Waals surface area contributed by atoms with E-state index in [1.54, 1.807) is 6.07 Å². The number of aromatic nitrogens is 1. The summed E-state index contributed by atoms with van der Waals surface area (Å²) in [6.07, 6.45) is 0.941. The maximum absolute atomic E-state index is 12.5. The Morgan fingerprint density at radius 2 is 2.00 bits per heavy atom. The van der Waals surface area contributed by atoms with Crippen LogP contribution in [0.15, 0.2) is 48.5 Å². The minimum absolute atomic E-state index is 0.198. The number of ether oxygens (including phenoxy) is 1. The maximum atomic E-state index is 12.5. The van der Waals surface area contributed by atoms with Crippen molar-refractivity contribution >= 4 is 17.8 Å². The molecule has 1 aromatic carbocycles. The van der Waals surface area contributed by atoms with Crippen molar-refractivity contribution in [3.8, 4) is 0 Å². The van der Waals surface area contributed by atoms with E-state index in [4.69, 9.17) is 4.74 Å². The predicted octanol–water partition coefficient (Wildman–Crippen LogP) is 3.13. The number of hydrogen-bond acceptors (Lipinski definition) is 4. The molecular formula is C19H21N3O3. The molecule has 130 valence electrons. The number of carbonyl (C=O) groups excluding carboxylic acids is 2. The van der Waals surface area contributed by atoms with Crippen LogP contribution >= 0.6 is 0 Å². The van der Waals surface area contributed by atoms with Gasteiger partial charge in [0.15, 0.2) is 0 Å². The first-order chi connectivity index (χ1) is 12.1. The summed E-state index contributed by atoms with van der Waals surface area (Å²) < 4.78 is 5.35. The van der Waals surface area contributed by atoms with Gasteiger partial charge in [-0.25, -0.2) is 9.78 Å². The Balaban J connectivity index is 1.59. The summed E-state index contributed by atoms with van der Waals surface area (Å²) in [7, 11) is 0. The molecule has 1 N–H and O–H groups in total. The molecule has 3 rings (SSSR count). The first-order valence-corrected chi connectivity index (χ1v) is 8.35. The largest absolute Gasteiger partial charge is 0.445 e. The zero-order valence-corrected chi connectivity index (χ0v) is 14.1. The van der Waals surface area contributed by atoms with Gasteiger partial charge in [0.1, 0.15) is 18.5 Å². The Morgan fingerprint density at radius 1 is 1.20 bits per heavy atom. The predicted molar refractivity (Wildman–Crippen MR) is 94.0 cm³/mol. The van der Waals surface area contributed by atoms with Gasteiger partial charge in [0.25, 0.3) is 0 Å². The molecule has 0 spiro atoms. The highest BCUT2D eigenvalue weighted by atomic mass is 16.6. The number of aryl methyl sites for hydroxylation is 1. The molecule has 0 saturated carbocycles. The summed E-state index contributed by atoms with van der Waals surface area (Å²) >= 11 is 0. The number of hydrogen-bond donors (Lipinski definition) is 1. The fourth-order valence-electron chi connectivity index (χ4n) is 2.88. The molecule has 1 atom stereocenters. The molecule has 2 amide bonds. The van der Waals surface area contributed by atoms with E-state index in [9.17, 15) is 9.59 Å². The summed E-state index contributed by atoms with van der Waals surface area (Å²) in [5.41, 5.74) is 1.74. The van der Waals surface area contributed by atoms with Crippen LogP contribution in [0.25, 0.3) is 0 Å². The zero-order chi connectivity index (χ0) is 17.6. The molecule has 1 aliphatic rings. The topological polar surface area (TPSA) is 71.5 Å². The lowest BCUT2D eigenvalue weighted by atomic mass is 10.2. The fraction of sp³-hybridized carbons (Fsp3) is 0.316. The fourth-order valence-corrected chi connectivity index (χ4v) is 2.88. The third-order valence-electron chi connectivity index (χ3n) is 4.13. The Bertz CT molecular complexity index is 749. The Hall–Kier alpha value is -2.89. The van der Waals surface area contributed by atoms with Gasteiger partial charge in [0.05, 0.1) is 0 Å². The normalized spacial score (nSPS) is 16.5. The number of anilines is 1. The smallest absolute Gasteiger partial charge is 0.410 e. The number of nitrogens with one attached hydrogen (secondary N) is 1. The quantitative estimate of drug-likeness (QED) is 0.929. The molecule has 0 aliphatic carbocycles. The number of pyridine rings is 1. The van der Waals surface area contributed by atoms with Crippen molar-refractivity contribution in [3.05, 3.63) is 59.8 Å². The lowest BCUT2D eigenvalue weighted by Crippen LogP contribution is -2.43. The van der Waals surface area contributed by atoms with Crippen molar-refractivity contribution in [2.75, 3.05) is 11.9 Å². The molecule has 1 saturated heterocycles. The average Bonchev–Trinajstić information content (AvgIpc) is 3.10.